The van der Waals surface area contributed by atoms with Crippen LogP contribution in [0, 0.1) is 0 Å². The standard InChI is InChI=1S/C20H23NO3/c1-14(2)13-24-19-7-5-6-17(12-19)20(22)21-15(3)16-8-10-18(23-4)11-9-16/h5-12,15H,1,13H2,2-4H3,(H,21,22)/t15-/m1/s1. The third-order valence-corrected chi connectivity index (χ3v) is 3.54. The lowest BCUT2D eigenvalue weighted by Crippen LogP contribution is -2.26. The van der Waals surface area contributed by atoms with Gasteiger partial charge in [-0.1, -0.05) is 24.8 Å². The van der Waals surface area contributed by atoms with Gasteiger partial charge in [-0.3, -0.25) is 4.79 Å². The number of carbonyl (C=O) groups excluding carboxylic acids is 1. The Labute approximate surface area is 143 Å². The summed E-state index contributed by atoms with van der Waals surface area (Å²) >= 11 is 0. The van der Waals surface area contributed by atoms with Gasteiger partial charge in [0.25, 0.3) is 5.91 Å². The molecule has 2 aromatic carbocycles. The van der Waals surface area contributed by atoms with Crippen LogP contribution in [0.4, 0.5) is 0 Å². The molecule has 1 N–H and O–H groups in total. The highest BCUT2D eigenvalue weighted by Crippen LogP contribution is 2.19. The lowest BCUT2D eigenvalue weighted by Gasteiger charge is -2.15. The van der Waals surface area contributed by atoms with Crippen molar-refractivity contribution in [2.75, 3.05) is 13.7 Å². The molecule has 0 heterocycles. The van der Waals surface area contributed by atoms with Gasteiger partial charge < -0.3 is 14.8 Å². The number of amides is 1. The fraction of sp³-hybridized carbons (Fsp3) is 0.250. The van der Waals surface area contributed by atoms with Gasteiger partial charge in [-0.15, -0.1) is 0 Å². The average Bonchev–Trinajstić information content (AvgIpc) is 2.60. The Morgan fingerprint density at radius 3 is 2.50 bits per heavy atom. The summed E-state index contributed by atoms with van der Waals surface area (Å²) in [6.07, 6.45) is 0. The molecule has 2 rings (SSSR count). The molecule has 1 atom stereocenters. The van der Waals surface area contributed by atoms with Gasteiger partial charge in [0.1, 0.15) is 18.1 Å². The van der Waals surface area contributed by atoms with E-state index in [0.29, 0.717) is 17.9 Å². The molecule has 4 heteroatoms. The average molecular weight is 325 g/mol. The van der Waals surface area contributed by atoms with Crippen molar-refractivity contribution in [3.63, 3.8) is 0 Å². The molecule has 24 heavy (non-hydrogen) atoms. The molecule has 0 radical (unpaired) electrons. The summed E-state index contributed by atoms with van der Waals surface area (Å²) in [6.45, 7) is 8.08. The molecule has 126 valence electrons. The van der Waals surface area contributed by atoms with Gasteiger partial charge in [0.15, 0.2) is 0 Å². The van der Waals surface area contributed by atoms with Gasteiger partial charge in [-0.2, -0.15) is 0 Å². The number of hydrogen-bond donors (Lipinski definition) is 1. The molecule has 1 amide bonds. The number of ether oxygens (including phenoxy) is 2. The molecule has 0 spiro atoms. The molecule has 0 bridgehead atoms. The van der Waals surface area contributed by atoms with Gasteiger partial charge in [0, 0.05) is 5.56 Å². The second-order valence-electron chi connectivity index (χ2n) is 5.74. The van der Waals surface area contributed by atoms with Crippen molar-refractivity contribution in [3.8, 4) is 11.5 Å². The molecule has 0 aliphatic rings. The van der Waals surface area contributed by atoms with Crippen LogP contribution in [0.3, 0.4) is 0 Å². The van der Waals surface area contributed by atoms with E-state index >= 15 is 0 Å². The van der Waals surface area contributed by atoms with Crippen LogP contribution in [-0.2, 0) is 0 Å². The Morgan fingerprint density at radius 1 is 1.17 bits per heavy atom. The van der Waals surface area contributed by atoms with E-state index in [2.05, 4.69) is 11.9 Å². The molecular weight excluding hydrogens is 302 g/mol. The predicted molar refractivity (Wildman–Crippen MR) is 95.6 cm³/mol. The zero-order chi connectivity index (χ0) is 17.5. The van der Waals surface area contributed by atoms with E-state index < -0.39 is 0 Å². The van der Waals surface area contributed by atoms with Gasteiger partial charge in [0.2, 0.25) is 0 Å². The first-order chi connectivity index (χ1) is 11.5. The predicted octanol–water partition coefficient (Wildman–Crippen LogP) is 4.14. The Hall–Kier alpha value is -2.75. The van der Waals surface area contributed by atoms with E-state index in [-0.39, 0.29) is 11.9 Å². The largest absolute Gasteiger partial charge is 0.497 e. The topological polar surface area (TPSA) is 47.6 Å². The SMILES string of the molecule is C=C(C)COc1cccc(C(=O)N[C@H](C)c2ccc(OC)cc2)c1. The number of carbonyl (C=O) groups is 1. The van der Waals surface area contributed by atoms with E-state index in [9.17, 15) is 4.79 Å². The van der Waals surface area contributed by atoms with E-state index in [1.54, 1.807) is 25.3 Å². The number of rotatable bonds is 7. The first-order valence-electron chi connectivity index (χ1n) is 7.81. The zero-order valence-electron chi connectivity index (χ0n) is 14.3. The summed E-state index contributed by atoms with van der Waals surface area (Å²) < 4.78 is 10.7. The fourth-order valence-corrected chi connectivity index (χ4v) is 2.19. The lowest BCUT2D eigenvalue weighted by atomic mass is 10.1. The Bertz CT molecular complexity index is 707. The molecular formula is C20H23NO3. The molecule has 2 aromatic rings. The molecule has 0 fully saturated rings. The van der Waals surface area contributed by atoms with Crippen LogP contribution >= 0.6 is 0 Å². The van der Waals surface area contributed by atoms with Crippen LogP contribution < -0.4 is 14.8 Å². The minimum Gasteiger partial charge on any atom is -0.497 e. The smallest absolute Gasteiger partial charge is 0.251 e. The van der Waals surface area contributed by atoms with Gasteiger partial charge in [-0.05, 0) is 55.3 Å². The third kappa shape index (κ3) is 4.88. The Balaban J connectivity index is 2.02. The molecule has 0 aliphatic carbocycles. The molecule has 0 aromatic heterocycles. The highest BCUT2D eigenvalue weighted by Gasteiger charge is 2.12. The van der Waals surface area contributed by atoms with Crippen molar-refractivity contribution in [3.05, 3.63) is 71.8 Å². The molecule has 0 unspecified atom stereocenters. The zero-order valence-corrected chi connectivity index (χ0v) is 14.3. The number of nitrogens with one attached hydrogen (secondary N) is 1. The summed E-state index contributed by atoms with van der Waals surface area (Å²) in [4.78, 5) is 12.4. The van der Waals surface area contributed by atoms with Crippen LogP contribution in [-0.4, -0.2) is 19.6 Å². The lowest BCUT2D eigenvalue weighted by molar-refractivity contribution is 0.0939. The van der Waals surface area contributed by atoms with Crippen LogP contribution in [0.1, 0.15) is 35.8 Å². The van der Waals surface area contributed by atoms with Gasteiger partial charge in [-0.25, -0.2) is 0 Å². The minimum absolute atomic E-state index is 0.108. The van der Waals surface area contributed by atoms with Crippen molar-refractivity contribution in [2.24, 2.45) is 0 Å². The molecule has 0 saturated carbocycles. The van der Waals surface area contributed by atoms with Crippen LogP contribution in [0.15, 0.2) is 60.7 Å². The Morgan fingerprint density at radius 2 is 1.88 bits per heavy atom. The summed E-state index contributed by atoms with van der Waals surface area (Å²) in [6, 6.07) is 14.7. The quantitative estimate of drug-likeness (QED) is 0.778. The van der Waals surface area contributed by atoms with E-state index in [4.69, 9.17) is 9.47 Å². The fourth-order valence-electron chi connectivity index (χ4n) is 2.19. The van der Waals surface area contributed by atoms with Crippen LogP contribution in [0.5, 0.6) is 11.5 Å². The van der Waals surface area contributed by atoms with Crippen LogP contribution in [0.2, 0.25) is 0 Å². The van der Waals surface area contributed by atoms with Crippen LogP contribution in [0.25, 0.3) is 0 Å². The van der Waals surface area contributed by atoms with Crippen molar-refractivity contribution in [1.29, 1.82) is 0 Å². The number of methoxy groups -OCH3 is 1. The van der Waals surface area contributed by atoms with Crippen molar-refractivity contribution < 1.29 is 14.3 Å². The molecule has 0 saturated heterocycles. The van der Waals surface area contributed by atoms with Crippen molar-refractivity contribution >= 4 is 5.91 Å². The van der Waals surface area contributed by atoms with E-state index in [1.165, 1.54) is 0 Å². The highest BCUT2D eigenvalue weighted by atomic mass is 16.5. The summed E-state index contributed by atoms with van der Waals surface area (Å²) in [5.74, 6) is 1.31. The minimum atomic E-state index is -0.140. The second kappa shape index (κ2) is 8.20. The maximum atomic E-state index is 12.4. The first kappa shape index (κ1) is 17.6. The van der Waals surface area contributed by atoms with Crippen molar-refractivity contribution in [1.82, 2.24) is 5.32 Å². The number of hydrogen-bond acceptors (Lipinski definition) is 3. The first-order valence-corrected chi connectivity index (χ1v) is 7.81. The van der Waals surface area contributed by atoms with Crippen molar-refractivity contribution in [2.45, 2.75) is 19.9 Å². The summed E-state index contributed by atoms with van der Waals surface area (Å²) in [7, 11) is 1.63. The monoisotopic (exact) mass is 325 g/mol. The van der Waals surface area contributed by atoms with E-state index in [0.717, 1.165) is 16.9 Å². The third-order valence-electron chi connectivity index (χ3n) is 3.54. The van der Waals surface area contributed by atoms with E-state index in [1.807, 2.05) is 44.2 Å². The summed E-state index contributed by atoms with van der Waals surface area (Å²) in [5.41, 5.74) is 2.51. The number of benzene rings is 2. The highest BCUT2D eigenvalue weighted by molar-refractivity contribution is 5.94. The summed E-state index contributed by atoms with van der Waals surface area (Å²) in [5, 5.41) is 2.99. The van der Waals surface area contributed by atoms with Gasteiger partial charge >= 0.3 is 0 Å². The maximum Gasteiger partial charge on any atom is 0.251 e. The normalized spacial score (nSPS) is 11.5. The molecule has 0 aliphatic heterocycles. The second-order valence-corrected chi connectivity index (χ2v) is 5.74. The van der Waals surface area contributed by atoms with Gasteiger partial charge in [0.05, 0.1) is 13.2 Å². The maximum absolute atomic E-state index is 12.4. The molecule has 4 nitrogen and oxygen atoms in total. The Kier molecular flexibility index (Phi) is 6.01.